The van der Waals surface area contributed by atoms with E-state index in [1.165, 1.54) is 35.1 Å². The second-order valence-corrected chi connectivity index (χ2v) is 9.55. The molecule has 1 fully saturated rings. The predicted molar refractivity (Wildman–Crippen MR) is 119 cm³/mol. The van der Waals surface area contributed by atoms with Gasteiger partial charge in [0.2, 0.25) is 0 Å². The molecule has 0 aliphatic carbocycles. The zero-order valence-corrected chi connectivity index (χ0v) is 18.6. The molecule has 160 valence electrons. The molecule has 0 spiro atoms. The average Bonchev–Trinajstić information content (AvgIpc) is 3.26. The van der Waals surface area contributed by atoms with Gasteiger partial charge in [-0.05, 0) is 65.6 Å². The minimum atomic E-state index is 0.0747. The Balaban J connectivity index is 1.65. The lowest BCUT2D eigenvalue weighted by atomic mass is 9.80. The highest BCUT2D eigenvalue weighted by molar-refractivity contribution is 5.94. The Kier molecular flexibility index (Phi) is 5.94. The number of aromatic nitrogens is 1. The van der Waals surface area contributed by atoms with E-state index < -0.39 is 0 Å². The van der Waals surface area contributed by atoms with E-state index in [-0.39, 0.29) is 11.3 Å². The number of ether oxygens (including phenoxy) is 1. The third-order valence-corrected chi connectivity index (χ3v) is 6.32. The largest absolute Gasteiger partial charge is 0.378 e. The molecule has 1 aromatic carbocycles. The third kappa shape index (κ3) is 4.28. The zero-order chi connectivity index (χ0) is 21.3. The summed E-state index contributed by atoms with van der Waals surface area (Å²) in [5.41, 5.74) is 7.12. The normalized spacial score (nSPS) is 19.1. The molecule has 3 heterocycles. The van der Waals surface area contributed by atoms with Crippen LogP contribution in [-0.4, -0.2) is 36.0 Å². The van der Waals surface area contributed by atoms with Crippen LogP contribution >= 0.6 is 0 Å². The number of hydrogen-bond donors (Lipinski definition) is 1. The van der Waals surface area contributed by atoms with Crippen molar-refractivity contribution in [3.8, 4) is 0 Å². The highest BCUT2D eigenvalue weighted by Gasteiger charge is 2.29. The van der Waals surface area contributed by atoms with Crippen molar-refractivity contribution in [2.75, 3.05) is 20.2 Å². The van der Waals surface area contributed by atoms with E-state index in [0.29, 0.717) is 24.8 Å². The van der Waals surface area contributed by atoms with Gasteiger partial charge >= 0.3 is 0 Å². The summed E-state index contributed by atoms with van der Waals surface area (Å²) >= 11 is 0. The third-order valence-electron chi connectivity index (χ3n) is 6.32. The molecule has 0 bridgehead atoms. The van der Waals surface area contributed by atoms with Crippen molar-refractivity contribution in [2.24, 2.45) is 0 Å². The standard InChI is InChI=1S/C25H33N3O2/c1-25(2,3)19-12-17-8-11-28(15-22(17)21(14-19)23-6-5-9-27-23)24(29)18-7-10-26-20(13-18)16-30-4/h7,10,12-14,23,27H,5-6,8-9,11,15-16H2,1-4H3/t23-/m0/s1. The van der Waals surface area contributed by atoms with Gasteiger partial charge in [-0.15, -0.1) is 0 Å². The fourth-order valence-electron chi connectivity index (χ4n) is 4.59. The van der Waals surface area contributed by atoms with Crippen molar-refractivity contribution in [3.63, 3.8) is 0 Å². The quantitative estimate of drug-likeness (QED) is 0.827. The molecule has 0 radical (unpaired) electrons. The van der Waals surface area contributed by atoms with Crippen molar-refractivity contribution in [2.45, 2.75) is 64.6 Å². The second-order valence-electron chi connectivity index (χ2n) is 9.55. The molecule has 1 N–H and O–H groups in total. The molecule has 5 nitrogen and oxygen atoms in total. The minimum absolute atomic E-state index is 0.0747. The van der Waals surface area contributed by atoms with Crippen LogP contribution in [0.1, 0.15) is 78.0 Å². The molecule has 1 amide bonds. The monoisotopic (exact) mass is 407 g/mol. The van der Waals surface area contributed by atoms with E-state index in [0.717, 1.165) is 25.2 Å². The molecule has 4 rings (SSSR count). The Morgan fingerprint density at radius 3 is 2.83 bits per heavy atom. The maximum Gasteiger partial charge on any atom is 0.254 e. The number of benzene rings is 1. The lowest BCUT2D eigenvalue weighted by Gasteiger charge is -2.34. The smallest absolute Gasteiger partial charge is 0.254 e. The van der Waals surface area contributed by atoms with E-state index in [1.54, 1.807) is 19.4 Å². The van der Waals surface area contributed by atoms with Crippen LogP contribution in [0.5, 0.6) is 0 Å². The van der Waals surface area contributed by atoms with Crippen molar-refractivity contribution in [3.05, 3.63) is 64.0 Å². The van der Waals surface area contributed by atoms with Crippen molar-refractivity contribution in [1.29, 1.82) is 0 Å². The summed E-state index contributed by atoms with van der Waals surface area (Å²) in [6.45, 7) is 9.74. The molecule has 5 heteroatoms. The number of carbonyl (C=O) groups is 1. The number of methoxy groups -OCH3 is 1. The summed E-state index contributed by atoms with van der Waals surface area (Å²) in [7, 11) is 1.64. The van der Waals surface area contributed by atoms with E-state index in [4.69, 9.17) is 4.74 Å². The molecule has 2 aliphatic rings. The van der Waals surface area contributed by atoms with Crippen LogP contribution in [0.4, 0.5) is 0 Å². The molecular weight excluding hydrogens is 374 g/mol. The van der Waals surface area contributed by atoms with E-state index >= 15 is 0 Å². The Morgan fingerprint density at radius 2 is 2.13 bits per heavy atom. The van der Waals surface area contributed by atoms with Crippen LogP contribution in [0.3, 0.4) is 0 Å². The fourth-order valence-corrected chi connectivity index (χ4v) is 4.59. The molecule has 0 saturated carbocycles. The number of carbonyl (C=O) groups excluding carboxylic acids is 1. The van der Waals surface area contributed by atoms with Gasteiger partial charge in [-0.25, -0.2) is 0 Å². The van der Waals surface area contributed by atoms with Gasteiger partial charge in [0.25, 0.3) is 5.91 Å². The fraction of sp³-hybridized carbons (Fsp3) is 0.520. The van der Waals surface area contributed by atoms with Gasteiger partial charge in [0.15, 0.2) is 0 Å². The van der Waals surface area contributed by atoms with E-state index in [1.807, 2.05) is 11.0 Å². The molecular formula is C25H33N3O2. The summed E-state index contributed by atoms with van der Waals surface area (Å²) in [6.07, 6.45) is 4.98. The van der Waals surface area contributed by atoms with Crippen LogP contribution in [0.15, 0.2) is 30.5 Å². The predicted octanol–water partition coefficient (Wildman–Crippen LogP) is 4.15. The molecule has 2 aromatic rings. The van der Waals surface area contributed by atoms with Gasteiger partial charge in [-0.2, -0.15) is 0 Å². The number of rotatable bonds is 4. The number of amides is 1. The van der Waals surface area contributed by atoms with Crippen molar-refractivity contribution in [1.82, 2.24) is 15.2 Å². The number of hydrogen-bond acceptors (Lipinski definition) is 4. The lowest BCUT2D eigenvalue weighted by Crippen LogP contribution is -2.37. The van der Waals surface area contributed by atoms with Crippen LogP contribution in [0.2, 0.25) is 0 Å². The minimum Gasteiger partial charge on any atom is -0.378 e. The average molecular weight is 408 g/mol. The molecule has 1 saturated heterocycles. The van der Waals surface area contributed by atoms with Gasteiger partial charge in [-0.1, -0.05) is 32.9 Å². The van der Waals surface area contributed by atoms with Crippen LogP contribution in [0, 0.1) is 0 Å². The van der Waals surface area contributed by atoms with Crippen molar-refractivity contribution < 1.29 is 9.53 Å². The van der Waals surface area contributed by atoms with Gasteiger partial charge < -0.3 is 15.0 Å². The van der Waals surface area contributed by atoms with Gasteiger partial charge in [0.05, 0.1) is 12.3 Å². The summed E-state index contributed by atoms with van der Waals surface area (Å²) in [5, 5.41) is 3.67. The maximum absolute atomic E-state index is 13.3. The van der Waals surface area contributed by atoms with Gasteiger partial charge in [-0.3, -0.25) is 9.78 Å². The number of fused-ring (bicyclic) bond motifs is 1. The number of nitrogens with one attached hydrogen (secondary N) is 1. The Hall–Kier alpha value is -2.24. The highest BCUT2D eigenvalue weighted by Crippen LogP contribution is 2.36. The zero-order valence-electron chi connectivity index (χ0n) is 18.6. The molecule has 2 aliphatic heterocycles. The van der Waals surface area contributed by atoms with Crippen molar-refractivity contribution >= 4 is 5.91 Å². The summed E-state index contributed by atoms with van der Waals surface area (Å²) in [4.78, 5) is 19.5. The molecule has 1 aromatic heterocycles. The van der Waals surface area contributed by atoms with Gasteiger partial charge in [0.1, 0.15) is 0 Å². The van der Waals surface area contributed by atoms with Crippen LogP contribution in [-0.2, 0) is 29.7 Å². The first kappa shape index (κ1) is 21.0. The van der Waals surface area contributed by atoms with Gasteiger partial charge in [0, 0.05) is 38.0 Å². The SMILES string of the molecule is COCc1cc(C(=O)N2CCc3cc(C(C)(C)C)cc([C@@H]4CCCN4)c3C2)ccn1. The maximum atomic E-state index is 13.3. The first-order valence-electron chi connectivity index (χ1n) is 11.0. The van der Waals surface area contributed by atoms with E-state index in [9.17, 15) is 4.79 Å². The number of pyridine rings is 1. The first-order valence-corrected chi connectivity index (χ1v) is 11.0. The highest BCUT2D eigenvalue weighted by atomic mass is 16.5. The summed E-state index contributed by atoms with van der Waals surface area (Å²) in [6, 6.07) is 8.81. The topological polar surface area (TPSA) is 54.5 Å². The number of nitrogens with zero attached hydrogens (tertiary/aromatic N) is 2. The van der Waals surface area contributed by atoms with E-state index in [2.05, 4.69) is 43.2 Å². The second kappa shape index (κ2) is 8.48. The van der Waals surface area contributed by atoms with Crippen LogP contribution in [0.25, 0.3) is 0 Å². The molecule has 0 unspecified atom stereocenters. The Bertz CT molecular complexity index is 926. The van der Waals surface area contributed by atoms with Crippen LogP contribution < -0.4 is 5.32 Å². The lowest BCUT2D eigenvalue weighted by molar-refractivity contribution is 0.0733. The Morgan fingerprint density at radius 1 is 1.30 bits per heavy atom. The summed E-state index contributed by atoms with van der Waals surface area (Å²) in [5.74, 6) is 0.0747. The molecule has 30 heavy (non-hydrogen) atoms. The Labute approximate surface area is 179 Å². The molecule has 1 atom stereocenters. The first-order chi connectivity index (χ1) is 14.4. The summed E-state index contributed by atoms with van der Waals surface area (Å²) < 4.78 is 5.17.